The Balaban J connectivity index is 0.00000272. The third-order valence-corrected chi connectivity index (χ3v) is 5.65. The molecule has 0 saturated carbocycles. The van der Waals surface area contributed by atoms with Crippen LogP contribution >= 0.6 is 24.0 Å². The normalized spacial score (nSPS) is 14.9. The Kier molecular flexibility index (Phi) is 9.14. The lowest BCUT2D eigenvalue weighted by Crippen LogP contribution is -2.37. The van der Waals surface area contributed by atoms with Crippen LogP contribution in [0, 0.1) is 0 Å². The van der Waals surface area contributed by atoms with Gasteiger partial charge < -0.3 is 15.6 Å². The lowest BCUT2D eigenvalue weighted by atomic mass is 10.1. The van der Waals surface area contributed by atoms with E-state index in [1.54, 1.807) is 7.05 Å². The number of hydrogen-bond donors (Lipinski definition) is 3. The number of para-hydroxylation sites is 2. The van der Waals surface area contributed by atoms with E-state index in [2.05, 4.69) is 60.8 Å². The van der Waals surface area contributed by atoms with E-state index in [0.29, 0.717) is 0 Å². The molecule has 0 aliphatic carbocycles. The number of hydrogen-bond acceptors (Lipinski definition) is 3. The molecule has 0 unspecified atom stereocenters. The van der Waals surface area contributed by atoms with Crippen molar-refractivity contribution >= 4 is 41.0 Å². The summed E-state index contributed by atoms with van der Waals surface area (Å²) in [6.45, 7) is 5.07. The van der Waals surface area contributed by atoms with Gasteiger partial charge in [0, 0.05) is 33.1 Å². The number of aliphatic imine (C=N–C) groups is 1. The van der Waals surface area contributed by atoms with E-state index in [1.165, 1.54) is 43.5 Å². The van der Waals surface area contributed by atoms with Crippen LogP contribution in [-0.2, 0) is 19.5 Å². The quantitative estimate of drug-likeness (QED) is 0.244. The molecule has 1 fully saturated rings. The molecule has 1 aromatic heterocycles. The highest BCUT2D eigenvalue weighted by Gasteiger charge is 2.10. The second-order valence-corrected chi connectivity index (χ2v) is 7.96. The zero-order valence-corrected chi connectivity index (χ0v) is 20.6. The maximum absolute atomic E-state index is 4.62. The van der Waals surface area contributed by atoms with Crippen LogP contribution in [-0.4, -0.2) is 47.5 Å². The van der Waals surface area contributed by atoms with Gasteiger partial charge in [-0.15, -0.1) is 24.0 Å². The van der Waals surface area contributed by atoms with E-state index in [0.717, 1.165) is 48.9 Å². The summed E-state index contributed by atoms with van der Waals surface area (Å²) in [4.78, 5) is 14.9. The molecule has 166 valence electrons. The van der Waals surface area contributed by atoms with Crippen molar-refractivity contribution in [3.8, 4) is 0 Å². The topological polar surface area (TPSA) is 68.3 Å². The zero-order chi connectivity index (χ0) is 20.6. The van der Waals surface area contributed by atoms with Crippen molar-refractivity contribution in [1.29, 1.82) is 0 Å². The van der Waals surface area contributed by atoms with Gasteiger partial charge in [0.1, 0.15) is 5.82 Å². The number of H-pyrrole nitrogens is 1. The number of guanidine groups is 1. The van der Waals surface area contributed by atoms with Crippen LogP contribution in [0.4, 0.5) is 0 Å². The number of likely N-dealkylation sites (tertiary alicyclic amines) is 1. The van der Waals surface area contributed by atoms with Gasteiger partial charge in [0.25, 0.3) is 0 Å². The fraction of sp³-hybridized carbons (Fsp3) is 0.417. The highest BCUT2D eigenvalue weighted by Crippen LogP contribution is 2.14. The van der Waals surface area contributed by atoms with Crippen LogP contribution in [0.2, 0.25) is 0 Å². The molecule has 7 heteroatoms. The van der Waals surface area contributed by atoms with Crippen molar-refractivity contribution in [2.24, 2.45) is 4.99 Å². The van der Waals surface area contributed by atoms with Crippen molar-refractivity contribution in [3.05, 3.63) is 65.5 Å². The molecule has 0 radical (unpaired) electrons. The summed E-state index contributed by atoms with van der Waals surface area (Å²) in [5, 5.41) is 6.77. The number of rotatable bonds is 7. The number of imidazole rings is 1. The van der Waals surface area contributed by atoms with Crippen LogP contribution in [0.1, 0.15) is 36.2 Å². The number of nitrogens with one attached hydrogen (secondary N) is 3. The molecule has 0 bridgehead atoms. The van der Waals surface area contributed by atoms with Crippen molar-refractivity contribution < 1.29 is 0 Å². The van der Waals surface area contributed by atoms with Gasteiger partial charge in [-0.1, -0.05) is 42.8 Å². The van der Waals surface area contributed by atoms with Gasteiger partial charge in [0.15, 0.2) is 5.96 Å². The molecule has 2 aromatic carbocycles. The van der Waals surface area contributed by atoms with E-state index < -0.39 is 0 Å². The summed E-state index contributed by atoms with van der Waals surface area (Å²) < 4.78 is 0. The molecule has 2 heterocycles. The smallest absolute Gasteiger partial charge is 0.191 e. The average Bonchev–Trinajstić information content (AvgIpc) is 3.21. The van der Waals surface area contributed by atoms with Crippen molar-refractivity contribution in [3.63, 3.8) is 0 Å². The monoisotopic (exact) mass is 532 g/mol. The lowest BCUT2D eigenvalue weighted by Gasteiger charge is -2.26. The predicted octanol–water partition coefficient (Wildman–Crippen LogP) is 4.07. The number of aromatic nitrogens is 2. The number of fused-ring (bicyclic) bond motifs is 1. The number of nitrogens with zero attached hydrogens (tertiary/aromatic N) is 3. The second kappa shape index (κ2) is 12.0. The summed E-state index contributed by atoms with van der Waals surface area (Å²) in [5.41, 5.74) is 4.75. The molecule has 31 heavy (non-hydrogen) atoms. The summed E-state index contributed by atoms with van der Waals surface area (Å²) >= 11 is 0. The maximum atomic E-state index is 4.62. The molecule has 4 rings (SSSR count). The minimum absolute atomic E-state index is 0. The maximum Gasteiger partial charge on any atom is 0.191 e. The summed E-state index contributed by atoms with van der Waals surface area (Å²) in [7, 11) is 1.80. The first-order valence-corrected chi connectivity index (χ1v) is 11.0. The zero-order valence-electron chi connectivity index (χ0n) is 18.2. The van der Waals surface area contributed by atoms with E-state index >= 15 is 0 Å². The molecule has 3 aromatic rings. The number of benzene rings is 2. The van der Waals surface area contributed by atoms with E-state index in [-0.39, 0.29) is 24.0 Å². The molecule has 1 saturated heterocycles. The first-order valence-electron chi connectivity index (χ1n) is 11.0. The summed E-state index contributed by atoms with van der Waals surface area (Å²) in [6, 6.07) is 17.1. The SMILES string of the molecule is CN=C(NCCc1nc2ccccc2[nH]1)NCc1ccc(CN2CCCCC2)cc1.I. The van der Waals surface area contributed by atoms with Crippen molar-refractivity contribution in [2.45, 2.75) is 38.8 Å². The highest BCUT2D eigenvalue weighted by atomic mass is 127. The predicted molar refractivity (Wildman–Crippen MR) is 139 cm³/mol. The van der Waals surface area contributed by atoms with Crippen LogP contribution < -0.4 is 10.6 Å². The van der Waals surface area contributed by atoms with Gasteiger partial charge in [0.2, 0.25) is 0 Å². The first kappa shape index (κ1) is 23.5. The minimum atomic E-state index is 0. The third-order valence-electron chi connectivity index (χ3n) is 5.65. The Hall–Kier alpha value is -2.13. The number of piperidine rings is 1. The Labute approximate surface area is 202 Å². The van der Waals surface area contributed by atoms with Crippen molar-refractivity contribution in [2.75, 3.05) is 26.7 Å². The number of aromatic amines is 1. The largest absolute Gasteiger partial charge is 0.356 e. The lowest BCUT2D eigenvalue weighted by molar-refractivity contribution is 0.221. The molecular weight excluding hydrogens is 499 g/mol. The minimum Gasteiger partial charge on any atom is -0.356 e. The summed E-state index contributed by atoms with van der Waals surface area (Å²) in [6.07, 6.45) is 4.88. The molecule has 1 aliphatic heterocycles. The van der Waals surface area contributed by atoms with Gasteiger partial charge in [-0.2, -0.15) is 0 Å². The molecule has 0 amide bonds. The average molecular weight is 532 g/mol. The van der Waals surface area contributed by atoms with Gasteiger partial charge >= 0.3 is 0 Å². The number of halogens is 1. The Morgan fingerprint density at radius 1 is 1.00 bits per heavy atom. The van der Waals surface area contributed by atoms with Crippen LogP contribution in [0.15, 0.2) is 53.5 Å². The standard InChI is InChI=1S/C24H32N6.HI/c1-25-24(26-14-13-23-28-21-7-3-4-8-22(21)29-23)27-17-19-9-11-20(12-10-19)18-30-15-5-2-6-16-30;/h3-4,7-12H,2,5-6,13-18H2,1H3,(H,28,29)(H2,25,26,27);1H. The Bertz CT molecular complexity index is 927. The van der Waals surface area contributed by atoms with Gasteiger partial charge in [0.05, 0.1) is 11.0 Å². The van der Waals surface area contributed by atoms with Crippen molar-refractivity contribution in [1.82, 2.24) is 25.5 Å². The van der Waals surface area contributed by atoms with Crippen LogP contribution in [0.25, 0.3) is 11.0 Å². The third kappa shape index (κ3) is 6.93. The molecule has 1 aliphatic rings. The van der Waals surface area contributed by atoms with Crippen LogP contribution in [0.3, 0.4) is 0 Å². The van der Waals surface area contributed by atoms with E-state index in [1.807, 2.05) is 18.2 Å². The Morgan fingerprint density at radius 3 is 2.48 bits per heavy atom. The molecule has 0 spiro atoms. The molecule has 0 atom stereocenters. The van der Waals surface area contributed by atoms with Gasteiger partial charge in [-0.3, -0.25) is 9.89 Å². The van der Waals surface area contributed by atoms with E-state index in [9.17, 15) is 0 Å². The molecule has 3 N–H and O–H groups in total. The second-order valence-electron chi connectivity index (χ2n) is 7.96. The van der Waals surface area contributed by atoms with Gasteiger partial charge in [-0.05, 0) is 49.2 Å². The fourth-order valence-corrected chi connectivity index (χ4v) is 3.97. The summed E-state index contributed by atoms with van der Waals surface area (Å²) in [5.74, 6) is 1.80. The molecular formula is C24H33IN6. The highest BCUT2D eigenvalue weighted by molar-refractivity contribution is 14.0. The van der Waals surface area contributed by atoms with Crippen LogP contribution in [0.5, 0.6) is 0 Å². The van der Waals surface area contributed by atoms with E-state index in [4.69, 9.17) is 0 Å². The first-order chi connectivity index (χ1) is 14.8. The Morgan fingerprint density at radius 2 is 1.74 bits per heavy atom. The fourth-order valence-electron chi connectivity index (χ4n) is 3.97. The van der Waals surface area contributed by atoms with Gasteiger partial charge in [-0.25, -0.2) is 4.98 Å². The molecule has 6 nitrogen and oxygen atoms in total.